The van der Waals surface area contributed by atoms with Crippen molar-refractivity contribution in [2.24, 2.45) is 0 Å². The fraction of sp³-hybridized carbons (Fsp3) is 0.231. The molecule has 1 fully saturated rings. The maximum absolute atomic E-state index is 6.16. The van der Waals surface area contributed by atoms with E-state index in [4.69, 9.17) is 14.6 Å². The molecule has 3 heterocycles. The van der Waals surface area contributed by atoms with Crippen molar-refractivity contribution in [1.29, 1.82) is 0 Å². The molecule has 1 saturated carbocycles. The predicted molar refractivity (Wildman–Crippen MR) is 133 cm³/mol. The summed E-state index contributed by atoms with van der Waals surface area (Å²) in [4.78, 5) is 5.69. The first-order valence-electron chi connectivity index (χ1n) is 11.2. The topological polar surface area (TPSA) is 60.7 Å². The van der Waals surface area contributed by atoms with Crippen LogP contribution in [0.3, 0.4) is 0 Å². The Bertz CT molecular complexity index is 1400. The van der Waals surface area contributed by atoms with Crippen LogP contribution in [0.25, 0.3) is 26.3 Å². The SMILES string of the molecule is COc1cc(Nc2ccc3ncc(-c4cc5ccccc5s4)n3n2)ccc1OC1CCCC1. The highest BCUT2D eigenvalue weighted by molar-refractivity contribution is 7.22. The predicted octanol–water partition coefficient (Wildman–Crippen LogP) is 6.68. The monoisotopic (exact) mass is 456 g/mol. The summed E-state index contributed by atoms with van der Waals surface area (Å²) in [5.41, 5.74) is 2.68. The van der Waals surface area contributed by atoms with Crippen molar-refractivity contribution in [1.82, 2.24) is 14.6 Å². The molecule has 2 aromatic carbocycles. The van der Waals surface area contributed by atoms with Crippen LogP contribution in [0.15, 0.2) is 66.9 Å². The fourth-order valence-electron chi connectivity index (χ4n) is 4.39. The number of nitrogens with one attached hydrogen (secondary N) is 1. The molecule has 5 aromatic rings. The van der Waals surface area contributed by atoms with E-state index >= 15 is 0 Å². The van der Waals surface area contributed by atoms with Crippen LogP contribution in [-0.4, -0.2) is 27.8 Å². The van der Waals surface area contributed by atoms with E-state index in [-0.39, 0.29) is 6.10 Å². The number of rotatable bonds is 6. The highest BCUT2D eigenvalue weighted by Gasteiger charge is 2.19. The first-order chi connectivity index (χ1) is 16.3. The number of aromatic nitrogens is 3. The van der Waals surface area contributed by atoms with Crippen LogP contribution < -0.4 is 14.8 Å². The van der Waals surface area contributed by atoms with Gasteiger partial charge in [0, 0.05) is 16.5 Å². The summed E-state index contributed by atoms with van der Waals surface area (Å²) >= 11 is 1.75. The van der Waals surface area contributed by atoms with Crippen LogP contribution in [0.2, 0.25) is 0 Å². The standard InChI is InChI=1S/C26H24N4O2S/c1-31-22-15-18(10-11-21(22)32-19-7-3-4-8-19)28-25-12-13-26-27-16-20(30(26)29-25)24-14-17-6-2-5-9-23(17)33-24/h2,5-6,9-16,19H,3-4,7-8H2,1H3,(H,28,29). The first kappa shape index (κ1) is 20.1. The summed E-state index contributed by atoms with van der Waals surface area (Å²) in [7, 11) is 1.67. The van der Waals surface area contributed by atoms with Gasteiger partial charge in [0.25, 0.3) is 0 Å². The van der Waals surface area contributed by atoms with Gasteiger partial charge in [-0.2, -0.15) is 0 Å². The van der Waals surface area contributed by atoms with Gasteiger partial charge in [-0.1, -0.05) is 18.2 Å². The lowest BCUT2D eigenvalue weighted by molar-refractivity contribution is 0.201. The Hall–Kier alpha value is -3.58. The zero-order valence-corrected chi connectivity index (χ0v) is 19.1. The van der Waals surface area contributed by atoms with Crippen molar-refractivity contribution in [3.8, 4) is 22.1 Å². The van der Waals surface area contributed by atoms with Crippen molar-refractivity contribution >= 4 is 38.6 Å². The molecular weight excluding hydrogens is 432 g/mol. The zero-order chi connectivity index (χ0) is 22.2. The first-order valence-corrected chi connectivity index (χ1v) is 12.0. The molecule has 0 spiro atoms. The molecule has 0 amide bonds. The number of methoxy groups -OCH3 is 1. The number of anilines is 2. The number of imidazole rings is 1. The third kappa shape index (κ3) is 3.89. The van der Waals surface area contributed by atoms with Gasteiger partial charge in [0.2, 0.25) is 0 Å². The second-order valence-electron chi connectivity index (χ2n) is 8.30. The van der Waals surface area contributed by atoms with Crippen LogP contribution in [0.4, 0.5) is 11.5 Å². The fourth-order valence-corrected chi connectivity index (χ4v) is 5.45. The summed E-state index contributed by atoms with van der Waals surface area (Å²) in [5.74, 6) is 2.25. The zero-order valence-electron chi connectivity index (χ0n) is 18.3. The number of hydrogen-bond acceptors (Lipinski definition) is 6. The molecule has 0 unspecified atom stereocenters. The molecule has 0 radical (unpaired) electrons. The van der Waals surface area contributed by atoms with Crippen LogP contribution in [-0.2, 0) is 0 Å². The summed E-state index contributed by atoms with van der Waals surface area (Å²) in [5, 5.41) is 9.44. The third-order valence-electron chi connectivity index (χ3n) is 6.07. The highest BCUT2D eigenvalue weighted by Crippen LogP contribution is 2.35. The molecule has 1 aliphatic carbocycles. The van der Waals surface area contributed by atoms with Crippen molar-refractivity contribution < 1.29 is 9.47 Å². The Morgan fingerprint density at radius 1 is 1.00 bits per heavy atom. The Labute approximate surface area is 195 Å². The maximum atomic E-state index is 6.16. The van der Waals surface area contributed by atoms with Gasteiger partial charge in [-0.05, 0) is 67.5 Å². The molecule has 0 saturated heterocycles. The Kier molecular flexibility index (Phi) is 5.11. The van der Waals surface area contributed by atoms with E-state index in [1.54, 1.807) is 18.4 Å². The molecule has 1 N–H and O–H groups in total. The van der Waals surface area contributed by atoms with Gasteiger partial charge in [-0.15, -0.1) is 16.4 Å². The van der Waals surface area contributed by atoms with Crippen molar-refractivity contribution in [3.63, 3.8) is 0 Å². The van der Waals surface area contributed by atoms with Crippen molar-refractivity contribution in [2.45, 2.75) is 31.8 Å². The van der Waals surface area contributed by atoms with Crippen molar-refractivity contribution in [3.05, 3.63) is 66.9 Å². The van der Waals surface area contributed by atoms with E-state index in [1.165, 1.54) is 22.9 Å². The molecule has 0 bridgehead atoms. The summed E-state index contributed by atoms with van der Waals surface area (Å²) in [6, 6.07) is 20.4. The van der Waals surface area contributed by atoms with Crippen molar-refractivity contribution in [2.75, 3.05) is 12.4 Å². The molecule has 3 aromatic heterocycles. The highest BCUT2D eigenvalue weighted by atomic mass is 32.1. The van der Waals surface area contributed by atoms with E-state index in [9.17, 15) is 0 Å². The Morgan fingerprint density at radius 2 is 1.88 bits per heavy atom. The van der Waals surface area contributed by atoms with Gasteiger partial charge >= 0.3 is 0 Å². The minimum Gasteiger partial charge on any atom is -0.493 e. The number of thiophene rings is 1. The molecule has 6 nitrogen and oxygen atoms in total. The van der Waals surface area contributed by atoms with E-state index in [0.29, 0.717) is 0 Å². The lowest BCUT2D eigenvalue weighted by Gasteiger charge is -2.17. The number of hydrogen-bond donors (Lipinski definition) is 1. The molecule has 7 heteroatoms. The second-order valence-corrected chi connectivity index (χ2v) is 9.38. The van der Waals surface area contributed by atoms with Crippen LogP contribution in [0.5, 0.6) is 11.5 Å². The van der Waals surface area contributed by atoms with E-state index in [0.717, 1.165) is 52.1 Å². The molecule has 1 aliphatic rings. The largest absolute Gasteiger partial charge is 0.493 e. The number of benzene rings is 2. The molecular formula is C26H24N4O2S. The molecule has 6 rings (SSSR count). The average Bonchev–Trinajstić information content (AvgIpc) is 3.59. The number of nitrogens with zero attached hydrogens (tertiary/aromatic N) is 3. The van der Waals surface area contributed by atoms with Crippen LogP contribution in [0, 0.1) is 0 Å². The van der Waals surface area contributed by atoms with Gasteiger partial charge in [0.1, 0.15) is 5.69 Å². The minimum atomic E-state index is 0.287. The minimum absolute atomic E-state index is 0.287. The van der Waals surface area contributed by atoms with E-state index in [1.807, 2.05) is 41.0 Å². The average molecular weight is 457 g/mol. The molecule has 33 heavy (non-hydrogen) atoms. The van der Waals surface area contributed by atoms with E-state index in [2.05, 4.69) is 40.6 Å². The lowest BCUT2D eigenvalue weighted by Crippen LogP contribution is -2.11. The van der Waals surface area contributed by atoms with Gasteiger partial charge in [-0.3, -0.25) is 0 Å². The quantitative estimate of drug-likeness (QED) is 0.309. The second kappa shape index (κ2) is 8.41. The van der Waals surface area contributed by atoms with Crippen LogP contribution in [0.1, 0.15) is 25.7 Å². The van der Waals surface area contributed by atoms with Gasteiger partial charge in [0.05, 0.1) is 24.3 Å². The summed E-state index contributed by atoms with van der Waals surface area (Å²) < 4.78 is 14.9. The smallest absolute Gasteiger partial charge is 0.162 e. The van der Waals surface area contributed by atoms with Gasteiger partial charge in [-0.25, -0.2) is 9.50 Å². The Morgan fingerprint density at radius 3 is 2.73 bits per heavy atom. The summed E-state index contributed by atoms with van der Waals surface area (Å²) in [6.07, 6.45) is 6.86. The summed E-state index contributed by atoms with van der Waals surface area (Å²) in [6.45, 7) is 0. The number of ether oxygens (including phenoxy) is 2. The maximum Gasteiger partial charge on any atom is 0.162 e. The van der Waals surface area contributed by atoms with Gasteiger partial charge < -0.3 is 14.8 Å². The third-order valence-corrected chi connectivity index (χ3v) is 7.21. The van der Waals surface area contributed by atoms with Gasteiger partial charge in [0.15, 0.2) is 23.0 Å². The normalized spacial score (nSPS) is 14.2. The van der Waals surface area contributed by atoms with E-state index < -0.39 is 0 Å². The molecule has 166 valence electrons. The van der Waals surface area contributed by atoms with Crippen LogP contribution >= 0.6 is 11.3 Å². The lowest BCUT2D eigenvalue weighted by atomic mass is 10.2. The molecule has 0 atom stereocenters. The molecule has 0 aliphatic heterocycles. The Balaban J connectivity index is 1.29. The number of fused-ring (bicyclic) bond motifs is 2.